The number of para-hydroxylation sites is 4. The summed E-state index contributed by atoms with van der Waals surface area (Å²) in [6.45, 7) is 9.78. The van der Waals surface area contributed by atoms with Gasteiger partial charge in [-0.25, -0.2) is 0 Å². The molecule has 0 fully saturated rings. The minimum Gasteiger partial charge on any atom is -0.310 e. The molecule has 8 aromatic rings. The van der Waals surface area contributed by atoms with Gasteiger partial charge in [-0.05, 0) is 134 Å². The molecule has 0 saturated carbocycles. The van der Waals surface area contributed by atoms with E-state index >= 15 is 0 Å². The summed E-state index contributed by atoms with van der Waals surface area (Å²) in [5.41, 5.74) is 19.9. The van der Waals surface area contributed by atoms with Crippen LogP contribution in [-0.2, 0) is 10.8 Å². The van der Waals surface area contributed by atoms with Crippen LogP contribution in [0.4, 0.5) is 34.1 Å². The number of hydrogen-bond acceptors (Lipinski definition) is 2. The first kappa shape index (κ1) is 33.9. The molecule has 10 rings (SSSR count). The SMILES string of the molecule is CC1(C)c2cc(N(c3ccccc3)c3ccccc3)ccc2-c2cc(-c3ccccc3)c3c(c21)C(C)(C)c1cc(N(c2ccccc2)c2ccccc2)ccc1-3. The molecule has 0 radical (unpaired) electrons. The third-order valence-corrected chi connectivity index (χ3v) is 12.1. The average molecular weight is 721 g/mol. The van der Waals surface area contributed by atoms with Crippen LogP contribution in [0.1, 0.15) is 49.9 Å². The molecule has 0 aromatic heterocycles. The summed E-state index contributed by atoms with van der Waals surface area (Å²) in [5.74, 6) is 0. The Morgan fingerprint density at radius 2 is 0.679 bits per heavy atom. The summed E-state index contributed by atoms with van der Waals surface area (Å²) in [7, 11) is 0. The van der Waals surface area contributed by atoms with Gasteiger partial charge in [-0.1, -0.05) is 143 Å². The van der Waals surface area contributed by atoms with Crippen molar-refractivity contribution in [1.82, 2.24) is 0 Å². The van der Waals surface area contributed by atoms with Gasteiger partial charge in [0.2, 0.25) is 0 Å². The number of hydrogen-bond donors (Lipinski definition) is 0. The minimum atomic E-state index is -0.267. The Balaban J connectivity index is 1.18. The molecule has 0 spiro atoms. The molecular weight excluding hydrogens is 677 g/mol. The van der Waals surface area contributed by atoms with Crippen LogP contribution < -0.4 is 9.80 Å². The Kier molecular flexibility index (Phi) is 7.87. The third kappa shape index (κ3) is 5.24. The van der Waals surface area contributed by atoms with Crippen molar-refractivity contribution in [1.29, 1.82) is 0 Å². The molecule has 270 valence electrons. The van der Waals surface area contributed by atoms with E-state index in [9.17, 15) is 0 Å². The second-order valence-corrected chi connectivity index (χ2v) is 16.2. The number of benzene rings is 8. The van der Waals surface area contributed by atoms with Gasteiger partial charge in [-0.2, -0.15) is 0 Å². The van der Waals surface area contributed by atoms with Crippen LogP contribution in [0.5, 0.6) is 0 Å². The van der Waals surface area contributed by atoms with Gasteiger partial charge in [0, 0.05) is 45.0 Å². The molecule has 56 heavy (non-hydrogen) atoms. The molecule has 0 N–H and O–H groups in total. The molecule has 2 aliphatic rings. The predicted octanol–water partition coefficient (Wildman–Crippen LogP) is 14.9. The molecule has 0 atom stereocenters. The fourth-order valence-electron chi connectivity index (χ4n) is 9.60. The van der Waals surface area contributed by atoms with Gasteiger partial charge in [-0.15, -0.1) is 0 Å². The Morgan fingerprint density at radius 1 is 0.304 bits per heavy atom. The van der Waals surface area contributed by atoms with E-state index in [0.717, 1.165) is 34.1 Å². The molecule has 2 nitrogen and oxygen atoms in total. The van der Waals surface area contributed by atoms with E-state index in [1.54, 1.807) is 0 Å². The first-order valence-electron chi connectivity index (χ1n) is 19.7. The second-order valence-electron chi connectivity index (χ2n) is 16.2. The lowest BCUT2D eigenvalue weighted by molar-refractivity contribution is 0.601. The van der Waals surface area contributed by atoms with Gasteiger partial charge >= 0.3 is 0 Å². The molecule has 2 aliphatic carbocycles. The number of rotatable bonds is 7. The molecule has 0 saturated heterocycles. The summed E-state index contributed by atoms with van der Waals surface area (Å²) >= 11 is 0. The normalized spacial score (nSPS) is 14.0. The van der Waals surface area contributed by atoms with Crippen molar-refractivity contribution < 1.29 is 0 Å². The van der Waals surface area contributed by atoms with E-state index < -0.39 is 0 Å². The second kappa shape index (κ2) is 13.0. The Morgan fingerprint density at radius 3 is 1.12 bits per heavy atom. The Labute approximate surface area is 331 Å². The van der Waals surface area contributed by atoms with Crippen LogP contribution in [0.2, 0.25) is 0 Å². The predicted molar refractivity (Wildman–Crippen MR) is 236 cm³/mol. The Hall–Kier alpha value is -6.64. The average Bonchev–Trinajstić information content (AvgIpc) is 3.61. The quantitative estimate of drug-likeness (QED) is 0.162. The van der Waals surface area contributed by atoms with Gasteiger partial charge in [-0.3, -0.25) is 0 Å². The summed E-state index contributed by atoms with van der Waals surface area (Å²) in [5, 5.41) is 0. The summed E-state index contributed by atoms with van der Waals surface area (Å²) in [6.07, 6.45) is 0. The summed E-state index contributed by atoms with van der Waals surface area (Å²) in [4.78, 5) is 4.76. The van der Waals surface area contributed by atoms with Crippen molar-refractivity contribution >= 4 is 34.1 Å². The largest absolute Gasteiger partial charge is 0.310 e. The maximum absolute atomic E-state index is 2.50. The van der Waals surface area contributed by atoms with Crippen LogP contribution >= 0.6 is 0 Å². The summed E-state index contributed by atoms with van der Waals surface area (Å²) in [6, 6.07) is 70.7. The molecule has 0 heterocycles. The topological polar surface area (TPSA) is 6.48 Å². The van der Waals surface area contributed by atoms with Crippen molar-refractivity contribution in [2.24, 2.45) is 0 Å². The standard InChI is InChI=1S/C54H44N2/c1-53(2)48-34-42(55(38-22-12-6-13-23-38)39-24-14-7-15-25-39)30-32-44(48)47-36-46(37-20-10-5-11-21-37)50-45-33-31-43(35-49(45)54(3,4)52(50)51(47)53)56(40-26-16-8-17-27-40)41-28-18-9-19-29-41/h5-36H,1-4H3. The highest BCUT2D eigenvalue weighted by Crippen LogP contribution is 2.62. The monoisotopic (exact) mass is 720 g/mol. The number of nitrogens with zero attached hydrogens (tertiary/aromatic N) is 2. The highest BCUT2D eigenvalue weighted by Gasteiger charge is 2.47. The van der Waals surface area contributed by atoms with Crippen molar-refractivity contribution in [3.8, 4) is 33.4 Å². The first-order valence-corrected chi connectivity index (χ1v) is 19.7. The van der Waals surface area contributed by atoms with Crippen LogP contribution in [0.3, 0.4) is 0 Å². The highest BCUT2D eigenvalue weighted by atomic mass is 15.1. The van der Waals surface area contributed by atoms with E-state index in [1.165, 1.54) is 55.6 Å². The zero-order valence-corrected chi connectivity index (χ0v) is 32.4. The van der Waals surface area contributed by atoms with Gasteiger partial charge in [0.15, 0.2) is 0 Å². The molecule has 0 bridgehead atoms. The first-order chi connectivity index (χ1) is 27.3. The lowest BCUT2D eigenvalue weighted by atomic mass is 9.71. The van der Waals surface area contributed by atoms with Crippen LogP contribution in [0.15, 0.2) is 194 Å². The lowest BCUT2D eigenvalue weighted by Gasteiger charge is -2.32. The van der Waals surface area contributed by atoms with E-state index in [1.807, 2.05) is 0 Å². The van der Waals surface area contributed by atoms with Gasteiger partial charge in [0.05, 0.1) is 0 Å². The van der Waals surface area contributed by atoms with E-state index in [4.69, 9.17) is 0 Å². The molecule has 0 amide bonds. The fourth-order valence-corrected chi connectivity index (χ4v) is 9.60. The van der Waals surface area contributed by atoms with E-state index in [2.05, 4.69) is 232 Å². The van der Waals surface area contributed by atoms with E-state index in [-0.39, 0.29) is 10.8 Å². The molecule has 8 aromatic carbocycles. The van der Waals surface area contributed by atoms with Crippen LogP contribution in [0.25, 0.3) is 33.4 Å². The zero-order valence-electron chi connectivity index (χ0n) is 32.4. The van der Waals surface area contributed by atoms with Crippen molar-refractivity contribution in [3.05, 3.63) is 216 Å². The van der Waals surface area contributed by atoms with Crippen LogP contribution in [0, 0.1) is 0 Å². The van der Waals surface area contributed by atoms with E-state index in [0.29, 0.717) is 0 Å². The maximum atomic E-state index is 2.50. The van der Waals surface area contributed by atoms with Crippen molar-refractivity contribution in [3.63, 3.8) is 0 Å². The molecule has 2 heteroatoms. The number of anilines is 6. The highest BCUT2D eigenvalue weighted by molar-refractivity contribution is 6.01. The van der Waals surface area contributed by atoms with Crippen molar-refractivity contribution in [2.75, 3.05) is 9.80 Å². The van der Waals surface area contributed by atoms with Crippen molar-refractivity contribution in [2.45, 2.75) is 38.5 Å². The van der Waals surface area contributed by atoms with Gasteiger partial charge in [0.1, 0.15) is 0 Å². The summed E-state index contributed by atoms with van der Waals surface area (Å²) < 4.78 is 0. The fraction of sp³-hybridized carbons (Fsp3) is 0.111. The smallest absolute Gasteiger partial charge is 0.0465 e. The zero-order chi connectivity index (χ0) is 38.0. The van der Waals surface area contributed by atoms with Gasteiger partial charge in [0.25, 0.3) is 0 Å². The molecule has 0 aliphatic heterocycles. The molecule has 0 unspecified atom stereocenters. The molecular formula is C54H44N2. The maximum Gasteiger partial charge on any atom is 0.0465 e. The van der Waals surface area contributed by atoms with Crippen LogP contribution in [-0.4, -0.2) is 0 Å². The Bertz CT molecular complexity index is 2640. The third-order valence-electron chi connectivity index (χ3n) is 12.1. The lowest BCUT2D eigenvalue weighted by Crippen LogP contribution is -2.24. The minimum absolute atomic E-state index is 0.249. The number of fused-ring (bicyclic) bond motifs is 7. The van der Waals surface area contributed by atoms with Gasteiger partial charge < -0.3 is 9.80 Å².